The van der Waals surface area contributed by atoms with Crippen molar-refractivity contribution in [2.75, 3.05) is 11.9 Å². The van der Waals surface area contributed by atoms with Crippen molar-refractivity contribution in [2.24, 2.45) is 0 Å². The van der Waals surface area contributed by atoms with Crippen molar-refractivity contribution in [1.29, 1.82) is 0 Å². The van der Waals surface area contributed by atoms with Crippen LogP contribution < -0.4 is 10.1 Å². The number of aliphatic hydroxyl groups is 1. The molecule has 2 N–H and O–H groups in total. The molecule has 2 atom stereocenters. The average Bonchev–Trinajstić information content (AvgIpc) is 2.42. The molecule has 1 fully saturated rings. The number of hydrogen-bond acceptors (Lipinski definition) is 5. The second-order valence-corrected chi connectivity index (χ2v) is 4.98. The molecule has 0 aromatic heterocycles. The Balaban J connectivity index is 2.15. The van der Waals surface area contributed by atoms with Gasteiger partial charge in [-0.3, -0.25) is 10.1 Å². The van der Waals surface area contributed by atoms with Crippen LogP contribution >= 0.6 is 0 Å². The number of nitrogens with one attached hydrogen (secondary N) is 1. The quantitative estimate of drug-likeness (QED) is 0.640. The molecule has 1 aromatic carbocycles. The van der Waals surface area contributed by atoms with Crippen LogP contribution in [0.1, 0.15) is 32.6 Å². The van der Waals surface area contributed by atoms with Crippen molar-refractivity contribution in [3.8, 4) is 5.75 Å². The smallest absolute Gasteiger partial charge is 0.311 e. The number of benzene rings is 1. The van der Waals surface area contributed by atoms with Gasteiger partial charge in [-0.2, -0.15) is 0 Å². The van der Waals surface area contributed by atoms with E-state index in [2.05, 4.69) is 5.32 Å². The maximum absolute atomic E-state index is 10.9. The Morgan fingerprint density at radius 2 is 2.20 bits per heavy atom. The van der Waals surface area contributed by atoms with Crippen LogP contribution in [0.5, 0.6) is 5.75 Å². The Morgan fingerprint density at radius 3 is 2.85 bits per heavy atom. The maximum Gasteiger partial charge on any atom is 0.311 e. The summed E-state index contributed by atoms with van der Waals surface area (Å²) < 4.78 is 5.31. The molecular weight excluding hydrogens is 260 g/mol. The van der Waals surface area contributed by atoms with Crippen molar-refractivity contribution in [3.63, 3.8) is 0 Å². The lowest BCUT2D eigenvalue weighted by Crippen LogP contribution is -2.36. The zero-order valence-electron chi connectivity index (χ0n) is 11.5. The molecule has 110 valence electrons. The molecule has 0 bridgehead atoms. The maximum atomic E-state index is 10.9. The standard InChI is InChI=1S/C14H20N2O4/c1-2-20-14-9-10(7-8-12(14)16(18)19)15-11-5-3-4-6-13(11)17/h7-9,11,13,15,17H,2-6H2,1H3/t11-,13-/m0/s1. The predicted molar refractivity (Wildman–Crippen MR) is 76.2 cm³/mol. The van der Waals surface area contributed by atoms with Crippen LogP contribution in [0.15, 0.2) is 18.2 Å². The first kappa shape index (κ1) is 14.6. The van der Waals surface area contributed by atoms with Gasteiger partial charge in [0.2, 0.25) is 0 Å². The highest BCUT2D eigenvalue weighted by Crippen LogP contribution is 2.31. The summed E-state index contributed by atoms with van der Waals surface area (Å²) in [6.07, 6.45) is 3.46. The summed E-state index contributed by atoms with van der Waals surface area (Å²) >= 11 is 0. The summed E-state index contributed by atoms with van der Waals surface area (Å²) in [5.41, 5.74) is 0.701. The minimum absolute atomic E-state index is 0.000294. The summed E-state index contributed by atoms with van der Waals surface area (Å²) in [5, 5.41) is 24.1. The minimum atomic E-state index is -0.454. The monoisotopic (exact) mass is 280 g/mol. The van der Waals surface area contributed by atoms with Crippen molar-refractivity contribution in [1.82, 2.24) is 0 Å². The molecule has 20 heavy (non-hydrogen) atoms. The molecule has 0 heterocycles. The van der Waals surface area contributed by atoms with E-state index in [1.807, 2.05) is 0 Å². The Kier molecular flexibility index (Phi) is 4.79. The van der Waals surface area contributed by atoms with Gasteiger partial charge in [-0.1, -0.05) is 12.8 Å². The third kappa shape index (κ3) is 3.39. The summed E-state index contributed by atoms with van der Waals surface area (Å²) in [4.78, 5) is 10.5. The van der Waals surface area contributed by atoms with Gasteiger partial charge in [-0.05, 0) is 25.8 Å². The molecule has 0 radical (unpaired) electrons. The fourth-order valence-corrected chi connectivity index (χ4v) is 2.52. The van der Waals surface area contributed by atoms with Gasteiger partial charge in [0.15, 0.2) is 5.75 Å². The van der Waals surface area contributed by atoms with Crippen LogP contribution in [-0.4, -0.2) is 28.8 Å². The van der Waals surface area contributed by atoms with Gasteiger partial charge in [0.05, 0.1) is 23.7 Å². The van der Waals surface area contributed by atoms with Crippen LogP contribution in [-0.2, 0) is 0 Å². The molecule has 1 aliphatic carbocycles. The second kappa shape index (κ2) is 6.56. The number of ether oxygens (including phenoxy) is 1. The summed E-state index contributed by atoms with van der Waals surface area (Å²) in [6.45, 7) is 2.16. The first-order valence-electron chi connectivity index (χ1n) is 6.97. The molecule has 0 saturated heterocycles. The highest BCUT2D eigenvalue weighted by atomic mass is 16.6. The Hall–Kier alpha value is -1.82. The zero-order chi connectivity index (χ0) is 14.5. The number of anilines is 1. The normalized spacial score (nSPS) is 22.3. The molecule has 2 rings (SSSR count). The van der Waals surface area contributed by atoms with E-state index in [1.54, 1.807) is 19.1 Å². The van der Waals surface area contributed by atoms with Crippen molar-refractivity contribution in [3.05, 3.63) is 28.3 Å². The van der Waals surface area contributed by atoms with Crippen molar-refractivity contribution < 1.29 is 14.8 Å². The van der Waals surface area contributed by atoms with Gasteiger partial charge >= 0.3 is 5.69 Å². The van der Waals surface area contributed by atoms with Crippen LogP contribution in [0.3, 0.4) is 0 Å². The number of nitro benzene ring substituents is 1. The molecule has 6 heteroatoms. The van der Waals surface area contributed by atoms with Gasteiger partial charge in [0, 0.05) is 17.8 Å². The predicted octanol–water partition coefficient (Wildman–Crippen LogP) is 2.71. The summed E-state index contributed by atoms with van der Waals surface area (Å²) in [7, 11) is 0. The van der Waals surface area contributed by atoms with Gasteiger partial charge in [-0.25, -0.2) is 0 Å². The number of nitrogens with zero attached hydrogens (tertiary/aromatic N) is 1. The lowest BCUT2D eigenvalue weighted by molar-refractivity contribution is -0.385. The van der Waals surface area contributed by atoms with E-state index in [-0.39, 0.29) is 23.6 Å². The number of aliphatic hydroxyl groups excluding tert-OH is 1. The molecule has 0 spiro atoms. The van der Waals surface area contributed by atoms with E-state index in [4.69, 9.17) is 4.74 Å². The molecule has 0 unspecified atom stereocenters. The van der Waals surface area contributed by atoms with Gasteiger partial charge in [-0.15, -0.1) is 0 Å². The third-order valence-electron chi connectivity index (χ3n) is 3.54. The molecule has 0 amide bonds. The molecule has 6 nitrogen and oxygen atoms in total. The first-order chi connectivity index (χ1) is 9.61. The topological polar surface area (TPSA) is 84.6 Å². The van der Waals surface area contributed by atoms with Gasteiger partial charge < -0.3 is 15.2 Å². The number of rotatable bonds is 5. The molecule has 1 aromatic rings. The van der Waals surface area contributed by atoms with E-state index >= 15 is 0 Å². The number of nitro groups is 1. The molecular formula is C14H20N2O4. The Bertz CT molecular complexity index is 478. The van der Waals surface area contributed by atoms with Crippen LogP contribution in [0.4, 0.5) is 11.4 Å². The van der Waals surface area contributed by atoms with E-state index in [0.717, 1.165) is 31.4 Å². The van der Waals surface area contributed by atoms with E-state index in [1.165, 1.54) is 6.07 Å². The Morgan fingerprint density at radius 1 is 1.45 bits per heavy atom. The highest BCUT2D eigenvalue weighted by molar-refractivity contribution is 5.58. The van der Waals surface area contributed by atoms with Crippen LogP contribution in [0.2, 0.25) is 0 Å². The summed E-state index contributed by atoms with van der Waals surface area (Å²) in [6, 6.07) is 4.72. The third-order valence-corrected chi connectivity index (χ3v) is 3.54. The van der Waals surface area contributed by atoms with Crippen molar-refractivity contribution in [2.45, 2.75) is 44.8 Å². The second-order valence-electron chi connectivity index (χ2n) is 4.98. The number of hydrogen-bond donors (Lipinski definition) is 2. The molecule has 1 aliphatic rings. The SMILES string of the molecule is CCOc1cc(N[C@H]2CCCC[C@@H]2O)ccc1[N+](=O)[O-]. The van der Waals surface area contributed by atoms with E-state index in [9.17, 15) is 15.2 Å². The minimum Gasteiger partial charge on any atom is -0.487 e. The fraction of sp³-hybridized carbons (Fsp3) is 0.571. The van der Waals surface area contributed by atoms with Crippen molar-refractivity contribution >= 4 is 11.4 Å². The van der Waals surface area contributed by atoms with E-state index < -0.39 is 4.92 Å². The summed E-state index contributed by atoms with van der Waals surface area (Å²) in [5.74, 6) is 0.257. The largest absolute Gasteiger partial charge is 0.487 e. The Labute approximate surface area is 117 Å². The highest BCUT2D eigenvalue weighted by Gasteiger charge is 2.23. The van der Waals surface area contributed by atoms with Gasteiger partial charge in [0.25, 0.3) is 0 Å². The lowest BCUT2D eigenvalue weighted by atomic mass is 9.92. The average molecular weight is 280 g/mol. The molecule has 0 aliphatic heterocycles. The zero-order valence-corrected chi connectivity index (χ0v) is 11.5. The fourth-order valence-electron chi connectivity index (χ4n) is 2.52. The van der Waals surface area contributed by atoms with Gasteiger partial charge in [0.1, 0.15) is 0 Å². The van der Waals surface area contributed by atoms with E-state index in [0.29, 0.717) is 6.61 Å². The van der Waals surface area contributed by atoms with Crippen LogP contribution in [0, 0.1) is 10.1 Å². The van der Waals surface area contributed by atoms with Crippen LogP contribution in [0.25, 0.3) is 0 Å². The molecule has 1 saturated carbocycles. The lowest BCUT2D eigenvalue weighted by Gasteiger charge is -2.29. The first-order valence-corrected chi connectivity index (χ1v) is 6.97.